The van der Waals surface area contributed by atoms with E-state index in [1.54, 1.807) is 0 Å². The number of nitrogens with zero attached hydrogens (tertiary/aromatic N) is 3. The molecule has 1 amide bonds. The SMILES string of the molecule is CCN(Cc1cnc2ccccn12)C(=O)C1CCCC1. The second kappa shape index (κ2) is 5.65. The maximum absolute atomic E-state index is 12.5. The van der Waals surface area contributed by atoms with Crippen molar-refractivity contribution in [3.63, 3.8) is 0 Å². The highest BCUT2D eigenvalue weighted by Gasteiger charge is 2.26. The zero-order chi connectivity index (χ0) is 13.9. The number of carbonyl (C=O) groups is 1. The fraction of sp³-hybridized carbons (Fsp3) is 0.500. The second-order valence-corrected chi connectivity index (χ2v) is 5.51. The molecule has 1 aliphatic rings. The number of imidazole rings is 1. The molecule has 0 unspecified atom stereocenters. The topological polar surface area (TPSA) is 37.6 Å². The van der Waals surface area contributed by atoms with Gasteiger partial charge in [0.2, 0.25) is 5.91 Å². The van der Waals surface area contributed by atoms with Gasteiger partial charge in [-0.2, -0.15) is 0 Å². The van der Waals surface area contributed by atoms with Gasteiger partial charge in [0.15, 0.2) is 0 Å². The van der Waals surface area contributed by atoms with Crippen molar-refractivity contribution in [3.05, 3.63) is 36.3 Å². The van der Waals surface area contributed by atoms with Gasteiger partial charge in [0.25, 0.3) is 0 Å². The highest BCUT2D eigenvalue weighted by Crippen LogP contribution is 2.27. The summed E-state index contributed by atoms with van der Waals surface area (Å²) in [6.45, 7) is 3.46. The molecule has 0 bridgehead atoms. The van der Waals surface area contributed by atoms with Gasteiger partial charge in [-0.1, -0.05) is 18.9 Å². The van der Waals surface area contributed by atoms with Crippen LogP contribution in [0.2, 0.25) is 0 Å². The molecule has 20 heavy (non-hydrogen) atoms. The van der Waals surface area contributed by atoms with E-state index < -0.39 is 0 Å². The van der Waals surface area contributed by atoms with Gasteiger partial charge >= 0.3 is 0 Å². The third kappa shape index (κ3) is 2.42. The summed E-state index contributed by atoms with van der Waals surface area (Å²) >= 11 is 0. The van der Waals surface area contributed by atoms with Gasteiger partial charge in [-0.15, -0.1) is 0 Å². The Morgan fingerprint density at radius 2 is 2.20 bits per heavy atom. The van der Waals surface area contributed by atoms with Crippen molar-refractivity contribution < 1.29 is 4.79 Å². The Bertz CT molecular complexity index is 599. The van der Waals surface area contributed by atoms with Gasteiger partial charge < -0.3 is 9.30 Å². The van der Waals surface area contributed by atoms with Crippen molar-refractivity contribution in [2.24, 2.45) is 5.92 Å². The maximum Gasteiger partial charge on any atom is 0.226 e. The van der Waals surface area contributed by atoms with Gasteiger partial charge in [0.05, 0.1) is 18.4 Å². The molecule has 0 aromatic carbocycles. The van der Waals surface area contributed by atoms with Crippen LogP contribution in [0.3, 0.4) is 0 Å². The minimum atomic E-state index is 0.245. The molecule has 3 rings (SSSR count). The van der Waals surface area contributed by atoms with Crippen LogP contribution in [0.4, 0.5) is 0 Å². The molecule has 2 aromatic heterocycles. The average molecular weight is 271 g/mol. The van der Waals surface area contributed by atoms with E-state index in [0.29, 0.717) is 12.5 Å². The number of hydrogen-bond donors (Lipinski definition) is 0. The number of pyridine rings is 1. The highest BCUT2D eigenvalue weighted by atomic mass is 16.2. The smallest absolute Gasteiger partial charge is 0.226 e. The molecule has 1 saturated carbocycles. The molecule has 1 fully saturated rings. The molecule has 2 aromatic rings. The fourth-order valence-corrected chi connectivity index (χ4v) is 3.07. The van der Waals surface area contributed by atoms with Crippen LogP contribution < -0.4 is 0 Å². The zero-order valence-electron chi connectivity index (χ0n) is 12.0. The van der Waals surface area contributed by atoms with E-state index in [0.717, 1.165) is 30.7 Å². The lowest BCUT2D eigenvalue weighted by Crippen LogP contribution is -2.35. The van der Waals surface area contributed by atoms with Crippen molar-refractivity contribution in [1.82, 2.24) is 14.3 Å². The van der Waals surface area contributed by atoms with Crippen molar-refractivity contribution in [2.75, 3.05) is 6.54 Å². The van der Waals surface area contributed by atoms with E-state index in [2.05, 4.69) is 16.3 Å². The van der Waals surface area contributed by atoms with Crippen LogP contribution >= 0.6 is 0 Å². The first-order valence-electron chi connectivity index (χ1n) is 7.49. The molecule has 0 atom stereocenters. The van der Waals surface area contributed by atoms with Gasteiger partial charge in [0, 0.05) is 18.7 Å². The Morgan fingerprint density at radius 1 is 1.40 bits per heavy atom. The van der Waals surface area contributed by atoms with E-state index in [4.69, 9.17) is 0 Å². The predicted octanol–water partition coefficient (Wildman–Crippen LogP) is 2.87. The van der Waals surface area contributed by atoms with E-state index in [9.17, 15) is 4.79 Å². The molecule has 2 heterocycles. The monoisotopic (exact) mass is 271 g/mol. The maximum atomic E-state index is 12.5. The number of fused-ring (bicyclic) bond motifs is 1. The standard InChI is InChI=1S/C16H21N3O/c1-2-18(16(20)13-7-3-4-8-13)12-14-11-17-15-9-5-6-10-19(14)15/h5-6,9-11,13H,2-4,7-8,12H2,1H3. The summed E-state index contributed by atoms with van der Waals surface area (Å²) in [5.41, 5.74) is 2.01. The van der Waals surface area contributed by atoms with Crippen LogP contribution in [0, 0.1) is 5.92 Å². The molecule has 0 aliphatic heterocycles. The van der Waals surface area contributed by atoms with Gasteiger partial charge in [-0.3, -0.25) is 4.79 Å². The Kier molecular flexibility index (Phi) is 3.72. The summed E-state index contributed by atoms with van der Waals surface area (Å²) in [4.78, 5) is 18.9. The summed E-state index contributed by atoms with van der Waals surface area (Å²) in [6.07, 6.45) is 8.39. The minimum absolute atomic E-state index is 0.245. The quantitative estimate of drug-likeness (QED) is 0.857. The first kappa shape index (κ1) is 13.2. The normalized spacial score (nSPS) is 15.8. The molecule has 106 valence electrons. The van der Waals surface area contributed by atoms with Crippen LogP contribution in [0.5, 0.6) is 0 Å². The molecule has 1 aliphatic carbocycles. The second-order valence-electron chi connectivity index (χ2n) is 5.51. The van der Waals surface area contributed by atoms with Crippen molar-refractivity contribution in [2.45, 2.75) is 39.2 Å². The predicted molar refractivity (Wildman–Crippen MR) is 78.2 cm³/mol. The molecule has 0 saturated heterocycles. The van der Waals surface area contributed by atoms with E-state index in [1.165, 1.54) is 12.8 Å². The first-order chi connectivity index (χ1) is 9.79. The third-order valence-electron chi connectivity index (χ3n) is 4.24. The van der Waals surface area contributed by atoms with Gasteiger partial charge in [-0.05, 0) is 31.9 Å². The zero-order valence-corrected chi connectivity index (χ0v) is 12.0. The molecule has 0 N–H and O–H groups in total. The number of rotatable bonds is 4. The van der Waals surface area contributed by atoms with Gasteiger partial charge in [0.1, 0.15) is 5.65 Å². The third-order valence-corrected chi connectivity index (χ3v) is 4.24. The van der Waals surface area contributed by atoms with Crippen LogP contribution in [0.15, 0.2) is 30.6 Å². The van der Waals surface area contributed by atoms with E-state index >= 15 is 0 Å². The summed E-state index contributed by atoms with van der Waals surface area (Å²) < 4.78 is 2.06. The molecular formula is C16H21N3O. The summed E-state index contributed by atoms with van der Waals surface area (Å²) in [5, 5.41) is 0. The van der Waals surface area contributed by atoms with Gasteiger partial charge in [-0.25, -0.2) is 4.98 Å². The molecule has 0 spiro atoms. The van der Waals surface area contributed by atoms with E-state index in [-0.39, 0.29) is 5.92 Å². The van der Waals surface area contributed by atoms with Crippen LogP contribution in [-0.4, -0.2) is 26.7 Å². The fourth-order valence-electron chi connectivity index (χ4n) is 3.07. The number of aromatic nitrogens is 2. The Hall–Kier alpha value is -1.84. The minimum Gasteiger partial charge on any atom is -0.337 e. The highest BCUT2D eigenvalue weighted by molar-refractivity contribution is 5.79. The number of hydrogen-bond acceptors (Lipinski definition) is 2. The van der Waals surface area contributed by atoms with Crippen LogP contribution in [0.25, 0.3) is 5.65 Å². The van der Waals surface area contributed by atoms with E-state index in [1.807, 2.05) is 35.5 Å². The lowest BCUT2D eigenvalue weighted by Gasteiger charge is -2.24. The summed E-state index contributed by atoms with van der Waals surface area (Å²) in [6, 6.07) is 5.96. The Morgan fingerprint density at radius 3 is 2.95 bits per heavy atom. The summed E-state index contributed by atoms with van der Waals surface area (Å²) in [7, 11) is 0. The molecular weight excluding hydrogens is 250 g/mol. The lowest BCUT2D eigenvalue weighted by atomic mass is 10.1. The van der Waals surface area contributed by atoms with Crippen molar-refractivity contribution >= 4 is 11.6 Å². The van der Waals surface area contributed by atoms with Crippen molar-refractivity contribution in [3.8, 4) is 0 Å². The van der Waals surface area contributed by atoms with Crippen LogP contribution in [0.1, 0.15) is 38.3 Å². The average Bonchev–Trinajstić information content (AvgIpc) is 3.14. The molecule has 0 radical (unpaired) electrons. The number of carbonyl (C=O) groups excluding carboxylic acids is 1. The lowest BCUT2D eigenvalue weighted by molar-refractivity contribution is -0.135. The molecule has 4 nitrogen and oxygen atoms in total. The number of amides is 1. The molecule has 4 heteroatoms. The first-order valence-corrected chi connectivity index (χ1v) is 7.49. The Labute approximate surface area is 119 Å². The van der Waals surface area contributed by atoms with Crippen LogP contribution in [-0.2, 0) is 11.3 Å². The largest absolute Gasteiger partial charge is 0.337 e. The van der Waals surface area contributed by atoms with Crippen molar-refractivity contribution in [1.29, 1.82) is 0 Å². The Balaban J connectivity index is 1.78. The summed E-state index contributed by atoms with van der Waals surface area (Å²) in [5.74, 6) is 0.560.